The van der Waals surface area contributed by atoms with Crippen molar-refractivity contribution in [1.82, 2.24) is 4.98 Å². The van der Waals surface area contributed by atoms with Gasteiger partial charge in [0.05, 0.1) is 6.42 Å². The predicted molar refractivity (Wildman–Crippen MR) is 77.1 cm³/mol. The van der Waals surface area contributed by atoms with Crippen LogP contribution >= 0.6 is 15.9 Å². The molecule has 4 heteroatoms. The zero-order chi connectivity index (χ0) is 13.7. The second-order valence-corrected chi connectivity index (χ2v) is 5.24. The molecule has 0 saturated carbocycles. The van der Waals surface area contributed by atoms with E-state index < -0.39 is 5.97 Å². The lowest BCUT2D eigenvalue weighted by Gasteiger charge is -2.16. The minimum Gasteiger partial charge on any atom is -0.481 e. The number of carboxylic acid groups (broad SMARTS) is 1. The Morgan fingerprint density at radius 1 is 1.26 bits per heavy atom. The summed E-state index contributed by atoms with van der Waals surface area (Å²) in [6.07, 6.45) is 4.28. The maximum absolute atomic E-state index is 11.1. The van der Waals surface area contributed by atoms with Crippen LogP contribution in [0.3, 0.4) is 0 Å². The van der Waals surface area contributed by atoms with Gasteiger partial charge in [0.25, 0.3) is 0 Å². The first-order chi connectivity index (χ1) is 9.16. The average molecular weight is 320 g/mol. The summed E-state index contributed by atoms with van der Waals surface area (Å²) >= 11 is 3.49. The van der Waals surface area contributed by atoms with Crippen molar-refractivity contribution in [2.75, 3.05) is 0 Å². The Kier molecular flexibility index (Phi) is 4.68. The molecule has 0 saturated heterocycles. The van der Waals surface area contributed by atoms with Gasteiger partial charge < -0.3 is 5.11 Å². The summed E-state index contributed by atoms with van der Waals surface area (Å²) in [6, 6.07) is 11.6. The molecule has 1 aromatic heterocycles. The van der Waals surface area contributed by atoms with E-state index in [4.69, 9.17) is 5.11 Å². The zero-order valence-electron chi connectivity index (χ0n) is 10.3. The van der Waals surface area contributed by atoms with Gasteiger partial charge >= 0.3 is 5.97 Å². The van der Waals surface area contributed by atoms with E-state index in [1.807, 2.05) is 36.4 Å². The molecule has 0 fully saturated rings. The van der Waals surface area contributed by atoms with E-state index in [-0.39, 0.29) is 12.3 Å². The van der Waals surface area contributed by atoms with Crippen LogP contribution in [-0.2, 0) is 11.2 Å². The minimum atomic E-state index is -0.787. The Morgan fingerprint density at radius 2 is 2.05 bits per heavy atom. The molecule has 1 N–H and O–H groups in total. The lowest BCUT2D eigenvalue weighted by atomic mass is 9.90. The zero-order valence-corrected chi connectivity index (χ0v) is 11.9. The van der Waals surface area contributed by atoms with Crippen molar-refractivity contribution >= 4 is 21.9 Å². The summed E-state index contributed by atoms with van der Waals surface area (Å²) < 4.78 is 0.949. The number of benzene rings is 1. The van der Waals surface area contributed by atoms with E-state index in [9.17, 15) is 4.79 Å². The van der Waals surface area contributed by atoms with Gasteiger partial charge in [-0.1, -0.05) is 40.2 Å². The smallest absolute Gasteiger partial charge is 0.303 e. The number of pyridine rings is 1. The van der Waals surface area contributed by atoms with Crippen LogP contribution in [0.15, 0.2) is 53.3 Å². The number of aromatic nitrogens is 1. The molecule has 1 unspecified atom stereocenters. The Bertz CT molecular complexity index is 557. The highest BCUT2D eigenvalue weighted by Gasteiger charge is 2.18. The first-order valence-electron chi connectivity index (χ1n) is 6.02. The largest absolute Gasteiger partial charge is 0.481 e. The van der Waals surface area contributed by atoms with Gasteiger partial charge in [0, 0.05) is 16.9 Å². The van der Waals surface area contributed by atoms with Crippen LogP contribution in [0.25, 0.3) is 0 Å². The molecule has 0 aliphatic heterocycles. The Hall–Kier alpha value is -1.68. The summed E-state index contributed by atoms with van der Waals surface area (Å²) in [7, 11) is 0. The summed E-state index contributed by atoms with van der Waals surface area (Å²) in [6.45, 7) is 0. The van der Waals surface area contributed by atoms with Gasteiger partial charge in [-0.2, -0.15) is 0 Å². The SMILES string of the molecule is O=C(O)CC(Cc1cccnc1)c1ccccc1Br. The fraction of sp³-hybridized carbons (Fsp3) is 0.200. The van der Waals surface area contributed by atoms with Crippen LogP contribution in [0.5, 0.6) is 0 Å². The van der Waals surface area contributed by atoms with Crippen LogP contribution < -0.4 is 0 Å². The number of hydrogen-bond acceptors (Lipinski definition) is 2. The lowest BCUT2D eigenvalue weighted by Crippen LogP contribution is -2.10. The number of carbonyl (C=O) groups is 1. The molecular weight excluding hydrogens is 306 g/mol. The number of carboxylic acids is 1. The van der Waals surface area contributed by atoms with Crippen molar-refractivity contribution in [3.05, 3.63) is 64.4 Å². The monoisotopic (exact) mass is 319 g/mol. The van der Waals surface area contributed by atoms with Crippen molar-refractivity contribution in [3.8, 4) is 0 Å². The highest BCUT2D eigenvalue weighted by Crippen LogP contribution is 2.30. The van der Waals surface area contributed by atoms with E-state index in [1.165, 1.54) is 0 Å². The number of halogens is 1. The third kappa shape index (κ3) is 3.89. The molecule has 19 heavy (non-hydrogen) atoms. The van der Waals surface area contributed by atoms with Crippen LogP contribution in [0.1, 0.15) is 23.5 Å². The van der Waals surface area contributed by atoms with Crippen molar-refractivity contribution in [1.29, 1.82) is 0 Å². The molecule has 2 aromatic rings. The molecule has 0 amide bonds. The summed E-state index contributed by atoms with van der Waals surface area (Å²) in [5.74, 6) is -0.845. The first kappa shape index (κ1) is 13.7. The fourth-order valence-corrected chi connectivity index (χ4v) is 2.72. The molecule has 0 bridgehead atoms. The van der Waals surface area contributed by atoms with Gasteiger partial charge in [-0.25, -0.2) is 0 Å². The van der Waals surface area contributed by atoms with Crippen molar-refractivity contribution in [2.24, 2.45) is 0 Å². The van der Waals surface area contributed by atoms with Gasteiger partial charge in [0.2, 0.25) is 0 Å². The standard InChI is InChI=1S/C15H14BrNO2/c16-14-6-2-1-5-13(14)12(9-15(18)19)8-11-4-3-7-17-10-11/h1-7,10,12H,8-9H2,(H,18,19). The molecule has 0 spiro atoms. The number of hydrogen-bond donors (Lipinski definition) is 1. The van der Waals surface area contributed by atoms with E-state index in [1.54, 1.807) is 12.4 Å². The molecular formula is C15H14BrNO2. The maximum atomic E-state index is 11.1. The number of rotatable bonds is 5. The Balaban J connectivity index is 2.26. The Morgan fingerprint density at radius 3 is 2.68 bits per heavy atom. The Labute approximate surface area is 120 Å². The van der Waals surface area contributed by atoms with Gasteiger partial charge in [-0.3, -0.25) is 9.78 Å². The topological polar surface area (TPSA) is 50.2 Å². The molecule has 2 rings (SSSR count). The van der Waals surface area contributed by atoms with Gasteiger partial charge in [0.1, 0.15) is 0 Å². The van der Waals surface area contributed by atoms with Crippen molar-refractivity contribution in [3.63, 3.8) is 0 Å². The lowest BCUT2D eigenvalue weighted by molar-refractivity contribution is -0.137. The third-order valence-corrected chi connectivity index (χ3v) is 3.69. The highest BCUT2D eigenvalue weighted by molar-refractivity contribution is 9.10. The minimum absolute atomic E-state index is 0.0581. The van der Waals surface area contributed by atoms with Crippen molar-refractivity contribution in [2.45, 2.75) is 18.8 Å². The van der Waals surface area contributed by atoms with E-state index in [2.05, 4.69) is 20.9 Å². The molecule has 0 aliphatic rings. The maximum Gasteiger partial charge on any atom is 0.303 e. The van der Waals surface area contributed by atoms with Crippen LogP contribution in [0.4, 0.5) is 0 Å². The van der Waals surface area contributed by atoms with Gasteiger partial charge in [0.15, 0.2) is 0 Å². The molecule has 1 atom stereocenters. The molecule has 98 valence electrons. The third-order valence-electron chi connectivity index (χ3n) is 2.97. The van der Waals surface area contributed by atoms with Crippen molar-refractivity contribution < 1.29 is 9.90 Å². The fourth-order valence-electron chi connectivity index (χ4n) is 2.11. The molecule has 1 heterocycles. The number of aliphatic carboxylic acids is 1. The average Bonchev–Trinajstić information content (AvgIpc) is 2.39. The highest BCUT2D eigenvalue weighted by atomic mass is 79.9. The van der Waals surface area contributed by atoms with Crippen LogP contribution in [-0.4, -0.2) is 16.1 Å². The normalized spacial score (nSPS) is 12.1. The van der Waals surface area contributed by atoms with Gasteiger partial charge in [-0.15, -0.1) is 0 Å². The van der Waals surface area contributed by atoms with E-state index in [0.29, 0.717) is 6.42 Å². The van der Waals surface area contributed by atoms with E-state index >= 15 is 0 Å². The summed E-state index contributed by atoms with van der Waals surface area (Å²) in [4.78, 5) is 15.1. The quantitative estimate of drug-likeness (QED) is 0.915. The number of nitrogens with zero attached hydrogens (tertiary/aromatic N) is 1. The molecule has 3 nitrogen and oxygen atoms in total. The molecule has 0 radical (unpaired) electrons. The first-order valence-corrected chi connectivity index (χ1v) is 6.81. The second-order valence-electron chi connectivity index (χ2n) is 4.38. The van der Waals surface area contributed by atoms with E-state index in [0.717, 1.165) is 15.6 Å². The molecule has 0 aliphatic carbocycles. The summed E-state index contributed by atoms with van der Waals surface area (Å²) in [5, 5.41) is 9.08. The molecule has 1 aromatic carbocycles. The second kappa shape index (κ2) is 6.48. The van der Waals surface area contributed by atoms with Crippen LogP contribution in [0.2, 0.25) is 0 Å². The predicted octanol–water partition coefficient (Wildman–Crippen LogP) is 3.65. The van der Waals surface area contributed by atoms with Gasteiger partial charge in [-0.05, 0) is 35.6 Å². The van der Waals surface area contributed by atoms with Crippen LogP contribution in [0, 0.1) is 0 Å². The summed E-state index contributed by atoms with van der Waals surface area (Å²) in [5.41, 5.74) is 2.07.